The third kappa shape index (κ3) is 38.8. The van der Waals surface area contributed by atoms with Crippen LogP contribution in [0.1, 0.15) is 128 Å². The summed E-state index contributed by atoms with van der Waals surface area (Å²) in [6, 6.07) is 8.97. The minimum absolute atomic E-state index is 0.0751. The van der Waals surface area contributed by atoms with Crippen molar-refractivity contribution >= 4 is 136 Å². The molecule has 3 aliphatic heterocycles. The molecule has 45 heteroatoms. The number of thioether (sulfide) groups is 2. The third-order valence-electron chi connectivity index (χ3n) is 21.6. The number of benzene rings is 5. The summed E-state index contributed by atoms with van der Waals surface area (Å²) in [5.74, 6) is -23.6. The smallest absolute Gasteiger partial charge is 0.303 e. The number of nitrogens with one attached hydrogen (secondary N) is 15. The molecular formula is C92H123N17O26S2. The van der Waals surface area contributed by atoms with Gasteiger partial charge in [-0.2, -0.15) is 23.5 Å². The number of nitrogens with two attached hydrogens (primary N) is 2. The van der Waals surface area contributed by atoms with Crippen LogP contribution in [-0.2, 0) is 122 Å². The van der Waals surface area contributed by atoms with E-state index in [1.165, 1.54) is 55.5 Å². The van der Waals surface area contributed by atoms with Crippen molar-refractivity contribution in [2.24, 2.45) is 29.2 Å². The molecule has 0 saturated carbocycles. The molecule has 17 amide bonds. The molecule has 15 atom stereocenters. The summed E-state index contributed by atoms with van der Waals surface area (Å²) in [4.78, 5) is 266. The number of hydrogen-bond acceptors (Lipinski definition) is 26. The Bertz CT molecular complexity index is 5000. The molecule has 0 radical (unpaired) electrons. The van der Waals surface area contributed by atoms with Crippen LogP contribution in [-0.4, -0.2) is 271 Å². The molecule has 3 heterocycles. The lowest BCUT2D eigenvalue weighted by Crippen LogP contribution is -2.62. The number of carboxylic acids is 2. The van der Waals surface area contributed by atoms with Crippen molar-refractivity contribution in [2.75, 3.05) is 37.9 Å². The van der Waals surface area contributed by atoms with Gasteiger partial charge in [0.15, 0.2) is 0 Å². The number of aromatic hydroxyl groups is 2. The second kappa shape index (κ2) is 56.5. The molecule has 0 saturated heterocycles. The average Bonchev–Trinajstić information content (AvgIpc) is 0.845. The summed E-state index contributed by atoms with van der Waals surface area (Å²) in [7, 11) is 0. The number of primary amides is 2. The Morgan fingerprint density at radius 2 is 0.883 bits per heavy atom. The fraction of sp³-hybridized carbons (Fsp3) is 0.467. The Morgan fingerprint density at radius 3 is 1.36 bits per heavy atom. The van der Waals surface area contributed by atoms with Gasteiger partial charge in [0.1, 0.15) is 96.1 Å². The molecule has 26 N–H and O–H groups in total. The maximum Gasteiger partial charge on any atom is 0.303 e. The topological polar surface area (TPSA) is 698 Å². The van der Waals surface area contributed by atoms with Crippen molar-refractivity contribution < 1.29 is 127 Å². The highest BCUT2D eigenvalue weighted by molar-refractivity contribution is 7.98. The van der Waals surface area contributed by atoms with Gasteiger partial charge in [0.05, 0.1) is 32.8 Å². The molecule has 0 aromatic heterocycles. The second-order valence-electron chi connectivity index (χ2n) is 33.7. The van der Waals surface area contributed by atoms with Gasteiger partial charge in [-0.25, -0.2) is 0 Å². The van der Waals surface area contributed by atoms with Crippen LogP contribution < -0.4 is 91.2 Å². The number of rotatable bonds is 39. The van der Waals surface area contributed by atoms with Gasteiger partial charge in [0, 0.05) is 62.0 Å². The van der Waals surface area contributed by atoms with Gasteiger partial charge in [0.2, 0.25) is 100 Å². The predicted molar refractivity (Wildman–Crippen MR) is 500 cm³/mol. The van der Waals surface area contributed by atoms with Gasteiger partial charge in [-0.3, -0.25) is 91.1 Å². The highest BCUT2D eigenvalue weighted by Gasteiger charge is 2.40. The molecule has 5 aromatic rings. The Kier molecular flexibility index (Phi) is 46.2. The molecule has 43 nitrogen and oxygen atoms in total. The second-order valence-corrected chi connectivity index (χ2v) is 35.8. The summed E-state index contributed by atoms with van der Waals surface area (Å²) < 4.78 is 0. The minimum atomic E-state index is -2.00. The zero-order valence-corrected chi connectivity index (χ0v) is 78.4. The number of aliphatic hydroxyl groups excluding tert-OH is 3. The number of hydrogen-bond donors (Lipinski definition) is 24. The molecule has 4 bridgehead atoms. The Hall–Kier alpha value is -13.8. The van der Waals surface area contributed by atoms with Crippen LogP contribution in [0.4, 0.5) is 0 Å². The van der Waals surface area contributed by atoms with Crippen molar-refractivity contribution in [1.82, 2.24) is 79.8 Å². The van der Waals surface area contributed by atoms with Crippen molar-refractivity contribution in [1.29, 1.82) is 0 Å². The van der Waals surface area contributed by atoms with Crippen LogP contribution >= 0.6 is 23.5 Å². The maximum atomic E-state index is 15.4. The molecule has 0 aliphatic carbocycles. The number of aliphatic carboxylic acids is 2. The first-order chi connectivity index (χ1) is 65.0. The maximum absolute atomic E-state index is 15.4. The van der Waals surface area contributed by atoms with E-state index in [9.17, 15) is 98.1 Å². The molecule has 0 spiro atoms. The van der Waals surface area contributed by atoms with E-state index in [1.54, 1.807) is 120 Å². The zero-order chi connectivity index (χ0) is 101. The standard InChI is InChI=1S/C92H123N17O26S2/c1-8-50(6)78(96-51(7)113)92(135)107-71(43-112)89(132)104-65(36-52-12-10-9-11-13-52)86(129)108-72-46-136-44-55-14-22-57(23-15-55)58-24-16-56(17-25-58)45-137-47-73(91(134)99-62(31-33-77(120)121)82(125)106-70(42-111)80(123)95-40-75(117)97-69(41-110)79(94)122)109-87(130)67(38-54-20-28-60(115)29-21-54)102-85(128)66(37-53-18-26-59(114)27-19-53)103-88(131)68(39-74(93)116)105-84(127)64(35-49(4)5)101-83(126)63(34-48(2)3)100-81(124)61(98-90(72)133)30-32-76(118)119/h9-29,48-50,61-73,78,110-112,114-115H,8,30-47H2,1-7H3,(H2,93,116)(H2,94,122)(H,95,123)(H,96,113)(H,97,117)(H,98,133)(H,99,134)(H,100,124)(H,101,126)(H,102,128)(H,103,131)(H,104,132)(H,105,127)(H,106,125)(H,107,135)(H,108,129)(H,109,130)(H,118,119)(H,120,121)/t50-,61-,62-,63-,64-,65-,66-,67-,68-,69-,70-,71-,72+,73-,78-/m0/s1. The summed E-state index contributed by atoms with van der Waals surface area (Å²) in [5.41, 5.74) is 14.6. The summed E-state index contributed by atoms with van der Waals surface area (Å²) in [6.45, 7) is 7.35. The first kappa shape index (κ1) is 112. The Morgan fingerprint density at radius 1 is 0.445 bits per heavy atom. The molecule has 0 fully saturated rings. The number of carbonyl (C=O) groups excluding carboxylic acids is 17. The fourth-order valence-electron chi connectivity index (χ4n) is 14.0. The summed E-state index contributed by atoms with van der Waals surface area (Å²) >= 11 is 2.15. The molecule has 0 unspecified atom stereocenters. The van der Waals surface area contributed by atoms with Gasteiger partial charge < -0.3 is 127 Å². The van der Waals surface area contributed by atoms with Gasteiger partial charge >= 0.3 is 11.9 Å². The highest BCUT2D eigenvalue weighted by Crippen LogP contribution is 2.26. The molecular weight excluding hydrogens is 1820 g/mol. The van der Waals surface area contributed by atoms with Crippen LogP contribution in [0.3, 0.4) is 0 Å². The molecule has 3 aliphatic rings. The van der Waals surface area contributed by atoms with E-state index in [-0.39, 0.29) is 64.9 Å². The number of phenols is 2. The van der Waals surface area contributed by atoms with E-state index < -0.39 is 286 Å². The van der Waals surface area contributed by atoms with Crippen molar-refractivity contribution in [3.8, 4) is 22.6 Å². The van der Waals surface area contributed by atoms with Gasteiger partial charge in [0.25, 0.3) is 0 Å². The van der Waals surface area contributed by atoms with Crippen LogP contribution in [0.2, 0.25) is 0 Å². The first-order valence-electron chi connectivity index (χ1n) is 44.2. The summed E-state index contributed by atoms with van der Waals surface area (Å²) in [6.07, 6.45) is -5.10. The lowest BCUT2D eigenvalue weighted by Gasteiger charge is -2.29. The number of carbonyl (C=O) groups is 19. The van der Waals surface area contributed by atoms with Crippen LogP contribution in [0.25, 0.3) is 11.1 Å². The SMILES string of the molecule is CC[C@H](C)[C@H](NC(C)=O)C(=O)N[C@@H](CO)C(=O)N[C@@H](Cc1ccccc1)C(=O)N[C@@H]1CSCc2ccc(cc2)-c2ccc(cc2)CSC[C@@H](C(=O)N[C@@H](CCC(=O)O)C(=O)N[C@@H](CO)C(=O)NCC(=O)N[C@@H](CO)C(N)=O)NC(=O)[C@H](Cc2ccc(O)cc2)NC(=O)[C@H](Cc2ccc(O)cc2)NC(=O)[C@H](CC(N)=O)NC(=O)[C@H](CC(C)C)NC(=O)[C@H](CC(C)C)NC(=O)[C@H](CCC(=O)O)NC1=O. The van der Waals surface area contributed by atoms with Crippen molar-refractivity contribution in [3.05, 3.63) is 155 Å². The van der Waals surface area contributed by atoms with E-state index in [1.807, 2.05) is 0 Å². The van der Waals surface area contributed by atoms with Crippen LogP contribution in [0, 0.1) is 17.8 Å². The van der Waals surface area contributed by atoms with Crippen LogP contribution in [0.5, 0.6) is 11.5 Å². The average molecular weight is 1950 g/mol. The van der Waals surface area contributed by atoms with Crippen LogP contribution in [0.15, 0.2) is 127 Å². The van der Waals surface area contributed by atoms with Crippen molar-refractivity contribution in [3.63, 3.8) is 0 Å². The van der Waals surface area contributed by atoms with Gasteiger partial charge in [-0.05, 0) is 107 Å². The Balaban J connectivity index is 1.48. The van der Waals surface area contributed by atoms with Gasteiger partial charge in [-0.1, -0.05) is 151 Å². The molecule has 8 rings (SSSR count). The number of carboxylic acid groups (broad SMARTS) is 2. The lowest BCUT2D eigenvalue weighted by atomic mass is 9.98. The molecule has 5 aromatic carbocycles. The Labute approximate surface area is 798 Å². The quantitative estimate of drug-likeness (QED) is 0.0188. The zero-order valence-electron chi connectivity index (χ0n) is 76.7. The monoisotopic (exact) mass is 1950 g/mol. The largest absolute Gasteiger partial charge is 0.508 e. The van der Waals surface area contributed by atoms with Crippen molar-refractivity contribution in [2.45, 2.75) is 215 Å². The van der Waals surface area contributed by atoms with Gasteiger partial charge in [-0.15, -0.1) is 0 Å². The number of aliphatic hydroxyl groups is 3. The number of phenolic OH excluding ortho intramolecular Hbond substituents is 2. The minimum Gasteiger partial charge on any atom is -0.508 e. The van der Waals surface area contributed by atoms with E-state index in [0.29, 0.717) is 34.2 Å². The predicted octanol–water partition coefficient (Wildman–Crippen LogP) is -2.90. The third-order valence-corrected chi connectivity index (χ3v) is 23.8. The fourth-order valence-corrected chi connectivity index (χ4v) is 16.0. The van der Waals surface area contributed by atoms with E-state index >= 15 is 28.8 Å². The molecule has 137 heavy (non-hydrogen) atoms. The number of fused-ring (bicyclic) bond motifs is 2. The lowest BCUT2D eigenvalue weighted by molar-refractivity contribution is -0.139. The van der Waals surface area contributed by atoms with E-state index in [2.05, 4.69) is 79.8 Å². The first-order valence-corrected chi connectivity index (χ1v) is 46.5. The van der Waals surface area contributed by atoms with E-state index in [4.69, 9.17) is 11.5 Å². The normalized spacial score (nSPS) is 19.5. The molecule has 744 valence electrons. The van der Waals surface area contributed by atoms with E-state index in [0.717, 1.165) is 23.5 Å². The highest BCUT2D eigenvalue weighted by atomic mass is 32.2. The number of amides is 17. The summed E-state index contributed by atoms with van der Waals surface area (Å²) in [5, 5.41) is 108.